The number of carboxylic acid groups (broad SMARTS) is 1. The first kappa shape index (κ1) is 13.9. The fourth-order valence-corrected chi connectivity index (χ4v) is 2.27. The van der Waals surface area contributed by atoms with Crippen molar-refractivity contribution in [2.24, 2.45) is 5.92 Å². The van der Waals surface area contributed by atoms with Gasteiger partial charge in [0.05, 0.1) is 5.60 Å². The summed E-state index contributed by atoms with van der Waals surface area (Å²) in [6, 6.07) is 7.50. The van der Waals surface area contributed by atoms with E-state index in [0.717, 1.165) is 5.56 Å². The minimum Gasteiger partial charge on any atom is -0.479 e. The highest BCUT2D eigenvalue weighted by Crippen LogP contribution is 2.47. The maximum Gasteiger partial charge on any atom is 0.344 e. The number of ether oxygens (including phenoxy) is 2. The van der Waals surface area contributed by atoms with Gasteiger partial charge in [0, 0.05) is 7.11 Å². The number of hydrogen-bond acceptors (Lipinski definition) is 3. The predicted octanol–water partition coefficient (Wildman–Crippen LogP) is 2.81. The molecule has 0 heterocycles. The lowest BCUT2D eigenvalue weighted by molar-refractivity contribution is -0.144. The third kappa shape index (κ3) is 2.89. The van der Waals surface area contributed by atoms with Crippen molar-refractivity contribution in [3.63, 3.8) is 0 Å². The Balaban J connectivity index is 2.11. The number of methoxy groups -OCH3 is 1. The summed E-state index contributed by atoms with van der Waals surface area (Å²) in [5.74, 6) is 0.166. The second kappa shape index (κ2) is 5.21. The van der Waals surface area contributed by atoms with Crippen LogP contribution in [0.25, 0.3) is 0 Å². The zero-order chi connectivity index (χ0) is 14.0. The van der Waals surface area contributed by atoms with Crippen molar-refractivity contribution in [2.75, 3.05) is 7.11 Å². The molecule has 0 amide bonds. The monoisotopic (exact) mass is 264 g/mol. The highest BCUT2D eigenvalue weighted by molar-refractivity contribution is 5.72. The molecule has 0 spiro atoms. The molecular formula is C15H20O4. The van der Waals surface area contributed by atoms with Gasteiger partial charge >= 0.3 is 5.97 Å². The Labute approximate surface area is 113 Å². The van der Waals surface area contributed by atoms with E-state index in [1.54, 1.807) is 19.2 Å². The first-order chi connectivity index (χ1) is 8.97. The molecule has 0 saturated heterocycles. The molecule has 0 aliphatic heterocycles. The van der Waals surface area contributed by atoms with E-state index in [0.29, 0.717) is 11.7 Å². The Morgan fingerprint density at radius 1 is 1.37 bits per heavy atom. The van der Waals surface area contributed by atoms with Crippen LogP contribution in [0.5, 0.6) is 5.75 Å². The minimum atomic E-state index is -0.969. The first-order valence-corrected chi connectivity index (χ1v) is 6.52. The standard InChI is InChI=1S/C15H20O4/c1-10(14(16)17)19-13-8-6-12(7-9-13)15(2,18-3)11-4-5-11/h6-11H,4-5H2,1-3H3,(H,16,17). The SMILES string of the molecule is COC(C)(c1ccc(OC(C)C(=O)O)cc1)C1CC1. The normalized spacial score (nSPS) is 19.5. The van der Waals surface area contributed by atoms with Crippen molar-refractivity contribution in [3.8, 4) is 5.75 Å². The van der Waals surface area contributed by atoms with E-state index in [1.807, 2.05) is 12.1 Å². The second-order valence-corrected chi connectivity index (χ2v) is 5.21. The molecule has 4 nitrogen and oxygen atoms in total. The van der Waals surface area contributed by atoms with Crippen LogP contribution in [0.3, 0.4) is 0 Å². The summed E-state index contributed by atoms with van der Waals surface area (Å²) >= 11 is 0. The zero-order valence-electron chi connectivity index (χ0n) is 11.6. The summed E-state index contributed by atoms with van der Waals surface area (Å²) in [6.45, 7) is 3.61. The van der Waals surface area contributed by atoms with Crippen molar-refractivity contribution in [3.05, 3.63) is 29.8 Å². The Morgan fingerprint density at radius 2 is 1.95 bits per heavy atom. The Morgan fingerprint density at radius 3 is 2.37 bits per heavy atom. The van der Waals surface area contributed by atoms with Gasteiger partial charge in [0.1, 0.15) is 5.75 Å². The average Bonchev–Trinajstić information content (AvgIpc) is 3.23. The summed E-state index contributed by atoms with van der Waals surface area (Å²) in [5.41, 5.74) is 0.851. The molecule has 1 aromatic rings. The summed E-state index contributed by atoms with van der Waals surface area (Å²) in [7, 11) is 1.73. The first-order valence-electron chi connectivity index (χ1n) is 6.52. The number of carbonyl (C=O) groups is 1. The highest BCUT2D eigenvalue weighted by Gasteiger charge is 2.43. The van der Waals surface area contributed by atoms with Crippen molar-refractivity contribution in [2.45, 2.75) is 38.4 Å². The van der Waals surface area contributed by atoms with E-state index in [-0.39, 0.29) is 5.60 Å². The van der Waals surface area contributed by atoms with Gasteiger partial charge in [-0.25, -0.2) is 4.79 Å². The molecule has 19 heavy (non-hydrogen) atoms. The number of aliphatic carboxylic acids is 1. The Bertz CT molecular complexity index is 450. The van der Waals surface area contributed by atoms with E-state index in [2.05, 4.69) is 6.92 Å². The molecule has 1 fully saturated rings. The molecule has 0 bridgehead atoms. The van der Waals surface area contributed by atoms with E-state index >= 15 is 0 Å². The van der Waals surface area contributed by atoms with E-state index < -0.39 is 12.1 Å². The molecule has 104 valence electrons. The van der Waals surface area contributed by atoms with Crippen LogP contribution in [-0.2, 0) is 15.1 Å². The van der Waals surface area contributed by atoms with Crippen molar-refractivity contribution in [1.82, 2.24) is 0 Å². The largest absolute Gasteiger partial charge is 0.479 e. The molecule has 4 heteroatoms. The van der Waals surface area contributed by atoms with Crippen molar-refractivity contribution in [1.29, 1.82) is 0 Å². The maximum atomic E-state index is 10.7. The molecule has 0 aromatic heterocycles. The van der Waals surface area contributed by atoms with Crippen LogP contribution in [-0.4, -0.2) is 24.3 Å². The number of hydrogen-bond donors (Lipinski definition) is 1. The van der Waals surface area contributed by atoms with E-state index in [1.165, 1.54) is 19.8 Å². The van der Waals surface area contributed by atoms with Crippen molar-refractivity contribution < 1.29 is 19.4 Å². The second-order valence-electron chi connectivity index (χ2n) is 5.21. The lowest BCUT2D eigenvalue weighted by Gasteiger charge is -2.29. The molecule has 2 rings (SSSR count). The highest BCUT2D eigenvalue weighted by atomic mass is 16.5. The zero-order valence-corrected chi connectivity index (χ0v) is 11.6. The number of rotatable bonds is 6. The summed E-state index contributed by atoms with van der Waals surface area (Å²) < 4.78 is 11.0. The van der Waals surface area contributed by atoms with Crippen LogP contribution in [0.15, 0.2) is 24.3 Å². The van der Waals surface area contributed by atoms with Gasteiger partial charge in [-0.1, -0.05) is 12.1 Å². The third-order valence-corrected chi connectivity index (χ3v) is 3.87. The molecule has 0 radical (unpaired) electrons. The third-order valence-electron chi connectivity index (χ3n) is 3.87. The quantitative estimate of drug-likeness (QED) is 0.858. The molecule has 1 aliphatic rings. The van der Waals surface area contributed by atoms with Crippen LogP contribution in [0.1, 0.15) is 32.3 Å². The van der Waals surface area contributed by atoms with Crippen LogP contribution >= 0.6 is 0 Å². The summed E-state index contributed by atoms with van der Waals surface area (Å²) in [6.07, 6.45) is 1.54. The van der Waals surface area contributed by atoms with Gasteiger partial charge in [-0.3, -0.25) is 0 Å². The molecule has 2 atom stereocenters. The predicted molar refractivity (Wildman–Crippen MR) is 71.3 cm³/mol. The van der Waals surface area contributed by atoms with Crippen LogP contribution in [0.4, 0.5) is 0 Å². The fourth-order valence-electron chi connectivity index (χ4n) is 2.27. The lowest BCUT2D eigenvalue weighted by atomic mass is 9.90. The van der Waals surface area contributed by atoms with Gasteiger partial charge in [-0.15, -0.1) is 0 Å². The van der Waals surface area contributed by atoms with Crippen LogP contribution < -0.4 is 4.74 Å². The number of carboxylic acids is 1. The van der Waals surface area contributed by atoms with Gasteiger partial charge in [0.25, 0.3) is 0 Å². The van der Waals surface area contributed by atoms with E-state index in [9.17, 15) is 4.79 Å². The molecular weight excluding hydrogens is 244 g/mol. The van der Waals surface area contributed by atoms with E-state index in [4.69, 9.17) is 14.6 Å². The molecule has 1 N–H and O–H groups in total. The topological polar surface area (TPSA) is 55.8 Å². The van der Waals surface area contributed by atoms with Gasteiger partial charge in [0.2, 0.25) is 0 Å². The van der Waals surface area contributed by atoms with Gasteiger partial charge in [-0.2, -0.15) is 0 Å². The van der Waals surface area contributed by atoms with Gasteiger partial charge in [-0.05, 0) is 50.3 Å². The molecule has 1 aliphatic carbocycles. The number of benzene rings is 1. The molecule has 2 unspecified atom stereocenters. The Kier molecular flexibility index (Phi) is 3.80. The van der Waals surface area contributed by atoms with Crippen LogP contribution in [0.2, 0.25) is 0 Å². The minimum absolute atomic E-state index is 0.253. The average molecular weight is 264 g/mol. The van der Waals surface area contributed by atoms with Crippen LogP contribution in [0, 0.1) is 5.92 Å². The van der Waals surface area contributed by atoms with Gasteiger partial charge in [0.15, 0.2) is 6.10 Å². The molecule has 1 saturated carbocycles. The summed E-state index contributed by atoms with van der Waals surface area (Å²) in [4.78, 5) is 10.7. The Hall–Kier alpha value is -1.55. The fraction of sp³-hybridized carbons (Fsp3) is 0.533. The maximum absolute atomic E-state index is 10.7. The van der Waals surface area contributed by atoms with Crippen molar-refractivity contribution >= 4 is 5.97 Å². The van der Waals surface area contributed by atoms with Gasteiger partial charge < -0.3 is 14.6 Å². The molecule has 1 aromatic carbocycles. The lowest BCUT2D eigenvalue weighted by Crippen LogP contribution is -2.27. The summed E-state index contributed by atoms with van der Waals surface area (Å²) in [5, 5.41) is 8.80. The smallest absolute Gasteiger partial charge is 0.344 e.